The number of thiophene rings is 1. The Labute approximate surface area is 104 Å². The van der Waals surface area contributed by atoms with Gasteiger partial charge >= 0.3 is 0 Å². The van der Waals surface area contributed by atoms with E-state index in [4.69, 9.17) is 16.3 Å². The average molecular weight is 247 g/mol. The summed E-state index contributed by atoms with van der Waals surface area (Å²) in [4.78, 5) is 2.58. The Kier molecular flexibility index (Phi) is 3.48. The number of hydrogen-bond donors (Lipinski definition) is 2. The van der Waals surface area contributed by atoms with E-state index >= 15 is 0 Å². The first-order chi connectivity index (χ1) is 8.27. The molecule has 5 nitrogen and oxygen atoms in total. The highest BCUT2D eigenvalue weighted by Gasteiger charge is 2.21. The van der Waals surface area contributed by atoms with Gasteiger partial charge in [-0.1, -0.05) is 0 Å². The molecule has 2 heterocycles. The number of nitrogens with two attached hydrogens (primary N) is 1. The van der Waals surface area contributed by atoms with E-state index in [-0.39, 0.29) is 0 Å². The molecule has 0 bridgehead atoms. The molecule has 88 valence electrons. The second kappa shape index (κ2) is 5.05. The lowest BCUT2D eigenvalue weighted by molar-refractivity contribution is 0.724. The van der Waals surface area contributed by atoms with Gasteiger partial charge in [0.05, 0.1) is 5.69 Å². The number of nitrogens with one attached hydrogen (secondary N) is 1. The number of nitriles is 2. The summed E-state index contributed by atoms with van der Waals surface area (Å²) in [7, 11) is 0. The smallest absolute Gasteiger partial charge is 0.131 e. The third kappa shape index (κ3) is 2.19. The van der Waals surface area contributed by atoms with Gasteiger partial charge in [0.25, 0.3) is 0 Å². The quantitative estimate of drug-likeness (QED) is 0.768. The Morgan fingerprint density at radius 3 is 2.76 bits per heavy atom. The Hall–Kier alpha value is -1.76. The van der Waals surface area contributed by atoms with Crippen LogP contribution in [0.3, 0.4) is 0 Å². The van der Waals surface area contributed by atoms with Gasteiger partial charge in [0, 0.05) is 19.6 Å². The highest BCUT2D eigenvalue weighted by Crippen LogP contribution is 2.37. The molecule has 0 saturated carbocycles. The summed E-state index contributed by atoms with van der Waals surface area (Å²) in [5, 5.41) is 22.2. The standard InChI is InChI=1S/C11H13N5S/c12-6-8-10(14)9(7-13)17-11(8)16-4-1-2-15-3-5-16/h15H,1-5,14H2. The molecule has 1 aliphatic rings. The summed E-state index contributed by atoms with van der Waals surface area (Å²) in [5.74, 6) is 0. The van der Waals surface area contributed by atoms with Gasteiger partial charge in [-0.05, 0) is 13.0 Å². The van der Waals surface area contributed by atoms with Crippen LogP contribution in [-0.4, -0.2) is 26.2 Å². The molecule has 1 aliphatic heterocycles. The van der Waals surface area contributed by atoms with E-state index in [0.29, 0.717) is 16.1 Å². The van der Waals surface area contributed by atoms with Crippen molar-refractivity contribution >= 4 is 22.0 Å². The SMILES string of the molecule is N#Cc1sc(N2CCCNCC2)c(C#N)c1N. The van der Waals surface area contributed by atoms with Gasteiger partial charge < -0.3 is 16.0 Å². The molecule has 0 spiro atoms. The van der Waals surface area contributed by atoms with E-state index in [1.807, 2.05) is 6.07 Å². The fourth-order valence-corrected chi connectivity index (χ4v) is 2.91. The van der Waals surface area contributed by atoms with Crippen molar-refractivity contribution in [1.29, 1.82) is 10.5 Å². The molecule has 0 atom stereocenters. The van der Waals surface area contributed by atoms with Gasteiger partial charge in [0.2, 0.25) is 0 Å². The molecule has 3 N–H and O–H groups in total. The zero-order valence-corrected chi connectivity index (χ0v) is 10.2. The van der Waals surface area contributed by atoms with E-state index in [2.05, 4.69) is 16.3 Å². The number of nitrogen functional groups attached to an aromatic ring is 1. The molecule has 0 aliphatic carbocycles. The maximum Gasteiger partial charge on any atom is 0.131 e. The van der Waals surface area contributed by atoms with Crippen molar-refractivity contribution < 1.29 is 0 Å². The second-order valence-electron chi connectivity index (χ2n) is 3.84. The van der Waals surface area contributed by atoms with Gasteiger partial charge in [-0.2, -0.15) is 10.5 Å². The lowest BCUT2D eigenvalue weighted by Gasteiger charge is -2.20. The van der Waals surface area contributed by atoms with Gasteiger partial charge in [-0.3, -0.25) is 0 Å². The minimum absolute atomic E-state index is 0.326. The molecule has 1 aromatic heterocycles. The molecule has 0 amide bonds. The first-order valence-electron chi connectivity index (χ1n) is 5.46. The van der Waals surface area contributed by atoms with E-state index in [9.17, 15) is 0 Å². The minimum atomic E-state index is 0.326. The molecule has 0 radical (unpaired) electrons. The molecular weight excluding hydrogens is 234 g/mol. The molecule has 2 rings (SSSR count). The van der Waals surface area contributed by atoms with Crippen molar-refractivity contribution in [2.24, 2.45) is 0 Å². The maximum atomic E-state index is 9.13. The van der Waals surface area contributed by atoms with Crippen molar-refractivity contribution in [2.45, 2.75) is 6.42 Å². The van der Waals surface area contributed by atoms with E-state index in [1.165, 1.54) is 11.3 Å². The van der Waals surface area contributed by atoms with Crippen molar-refractivity contribution in [3.63, 3.8) is 0 Å². The summed E-state index contributed by atoms with van der Waals surface area (Å²) >= 11 is 1.32. The lowest BCUT2D eigenvalue weighted by Crippen LogP contribution is -2.27. The Balaban J connectivity index is 2.37. The largest absolute Gasteiger partial charge is 0.396 e. The molecule has 1 aromatic rings. The van der Waals surface area contributed by atoms with Crippen LogP contribution >= 0.6 is 11.3 Å². The van der Waals surface area contributed by atoms with Crippen LogP contribution in [0.2, 0.25) is 0 Å². The second-order valence-corrected chi connectivity index (χ2v) is 4.84. The highest BCUT2D eigenvalue weighted by atomic mass is 32.1. The topological polar surface area (TPSA) is 88.9 Å². The molecule has 17 heavy (non-hydrogen) atoms. The first-order valence-corrected chi connectivity index (χ1v) is 6.27. The van der Waals surface area contributed by atoms with Crippen LogP contribution in [0.25, 0.3) is 0 Å². The number of hydrogen-bond acceptors (Lipinski definition) is 6. The molecule has 0 unspecified atom stereocenters. The van der Waals surface area contributed by atoms with Gasteiger partial charge in [0.1, 0.15) is 27.6 Å². The van der Waals surface area contributed by atoms with Gasteiger partial charge in [-0.15, -0.1) is 11.3 Å². The zero-order valence-electron chi connectivity index (χ0n) is 9.36. The van der Waals surface area contributed by atoms with Crippen LogP contribution < -0.4 is 16.0 Å². The fourth-order valence-electron chi connectivity index (χ4n) is 1.89. The maximum absolute atomic E-state index is 9.13. The summed E-state index contributed by atoms with van der Waals surface area (Å²) < 4.78 is 0. The summed E-state index contributed by atoms with van der Waals surface area (Å²) in [5.41, 5.74) is 6.57. The third-order valence-corrected chi connectivity index (χ3v) is 3.94. The Morgan fingerprint density at radius 2 is 2.06 bits per heavy atom. The molecule has 0 aromatic carbocycles. The van der Waals surface area contributed by atoms with Crippen LogP contribution in [0.1, 0.15) is 16.9 Å². The minimum Gasteiger partial charge on any atom is -0.396 e. The summed E-state index contributed by atoms with van der Waals surface area (Å²) in [6, 6.07) is 4.15. The van der Waals surface area contributed by atoms with Crippen molar-refractivity contribution in [3.05, 3.63) is 10.4 Å². The monoisotopic (exact) mass is 247 g/mol. The van der Waals surface area contributed by atoms with Crippen molar-refractivity contribution in [3.8, 4) is 12.1 Å². The van der Waals surface area contributed by atoms with Crippen molar-refractivity contribution in [1.82, 2.24) is 5.32 Å². The number of rotatable bonds is 1. The van der Waals surface area contributed by atoms with Crippen LogP contribution in [0.4, 0.5) is 10.7 Å². The third-order valence-electron chi connectivity index (χ3n) is 2.77. The van der Waals surface area contributed by atoms with Crippen LogP contribution in [0, 0.1) is 22.7 Å². The lowest BCUT2D eigenvalue weighted by atomic mass is 10.2. The van der Waals surface area contributed by atoms with E-state index in [0.717, 1.165) is 37.6 Å². The molecule has 1 saturated heterocycles. The fraction of sp³-hybridized carbons (Fsp3) is 0.455. The van der Waals surface area contributed by atoms with Crippen LogP contribution in [0.15, 0.2) is 0 Å². The highest BCUT2D eigenvalue weighted by molar-refractivity contribution is 7.17. The molecule has 1 fully saturated rings. The summed E-state index contributed by atoms with van der Waals surface area (Å²) in [6.07, 6.45) is 1.03. The number of nitrogens with zero attached hydrogens (tertiary/aromatic N) is 3. The Morgan fingerprint density at radius 1 is 1.24 bits per heavy atom. The van der Waals surface area contributed by atoms with E-state index < -0.39 is 0 Å². The zero-order chi connectivity index (χ0) is 12.3. The van der Waals surface area contributed by atoms with Crippen LogP contribution in [0.5, 0.6) is 0 Å². The first kappa shape index (κ1) is 11.7. The predicted molar refractivity (Wildman–Crippen MR) is 67.9 cm³/mol. The predicted octanol–water partition coefficient (Wildman–Crippen LogP) is 0.873. The Bertz CT molecular complexity index is 485. The molecular formula is C11H13N5S. The van der Waals surface area contributed by atoms with Crippen molar-refractivity contribution in [2.75, 3.05) is 36.8 Å². The molecule has 6 heteroatoms. The van der Waals surface area contributed by atoms with Gasteiger partial charge in [-0.25, -0.2) is 0 Å². The number of anilines is 2. The normalized spacial score (nSPS) is 16.0. The summed E-state index contributed by atoms with van der Waals surface area (Å²) in [6.45, 7) is 3.63. The van der Waals surface area contributed by atoms with Crippen LogP contribution in [-0.2, 0) is 0 Å². The van der Waals surface area contributed by atoms with Gasteiger partial charge in [0.15, 0.2) is 0 Å². The van der Waals surface area contributed by atoms with E-state index in [1.54, 1.807) is 0 Å². The average Bonchev–Trinajstić information content (AvgIpc) is 2.55.